The smallest absolute Gasteiger partial charge is 0.244 e. The number of carbonyl (C=O) groups is 1. The fourth-order valence-corrected chi connectivity index (χ4v) is 3.02. The first-order valence-corrected chi connectivity index (χ1v) is 6.86. The monoisotopic (exact) mass is 297 g/mol. The zero-order valence-electron chi connectivity index (χ0n) is 10.6. The van der Waals surface area contributed by atoms with E-state index in [1.165, 1.54) is 0 Å². The van der Waals surface area contributed by atoms with Crippen molar-refractivity contribution in [3.8, 4) is 0 Å². The summed E-state index contributed by atoms with van der Waals surface area (Å²) < 4.78 is 1.09. The van der Waals surface area contributed by atoms with Crippen molar-refractivity contribution in [2.24, 2.45) is 5.73 Å². The van der Waals surface area contributed by atoms with Crippen LogP contribution in [-0.2, 0) is 4.79 Å². The molecule has 3 rings (SSSR count). The predicted octanol–water partition coefficient (Wildman–Crippen LogP) is 2.85. The van der Waals surface area contributed by atoms with Crippen LogP contribution in [0.3, 0.4) is 0 Å². The van der Waals surface area contributed by atoms with Gasteiger partial charge >= 0.3 is 0 Å². The maximum absolute atomic E-state index is 12.0. The minimum absolute atomic E-state index is 0. The molecule has 1 aromatic carbocycles. The van der Waals surface area contributed by atoms with Crippen LogP contribution in [0.15, 0.2) is 18.2 Å². The van der Waals surface area contributed by atoms with Gasteiger partial charge in [0.2, 0.25) is 5.91 Å². The number of nitrogens with zero attached hydrogens (tertiary/aromatic N) is 1. The summed E-state index contributed by atoms with van der Waals surface area (Å²) >= 11 is 1.63. The first kappa shape index (κ1) is 14.2. The van der Waals surface area contributed by atoms with Crippen LogP contribution in [0.4, 0.5) is 5.69 Å². The molecule has 1 heterocycles. The Morgan fingerprint density at radius 3 is 2.84 bits per heavy atom. The van der Waals surface area contributed by atoms with Gasteiger partial charge in [0.05, 0.1) is 20.8 Å². The molecule has 102 valence electrons. The average molecular weight is 298 g/mol. The number of fused-ring (bicyclic) bond motifs is 1. The summed E-state index contributed by atoms with van der Waals surface area (Å²) in [5, 5.41) is 3.93. The number of halogens is 1. The lowest BCUT2D eigenvalue weighted by Crippen LogP contribution is -2.56. The number of anilines is 1. The van der Waals surface area contributed by atoms with E-state index in [9.17, 15) is 4.79 Å². The minimum atomic E-state index is -0.654. The Morgan fingerprint density at radius 1 is 1.47 bits per heavy atom. The Labute approximate surface area is 121 Å². The molecular formula is C13H16ClN3OS. The van der Waals surface area contributed by atoms with Crippen molar-refractivity contribution < 1.29 is 4.79 Å². The van der Waals surface area contributed by atoms with Gasteiger partial charge in [-0.3, -0.25) is 4.79 Å². The van der Waals surface area contributed by atoms with E-state index in [-0.39, 0.29) is 18.3 Å². The number of hydrogen-bond donors (Lipinski definition) is 2. The highest BCUT2D eigenvalue weighted by Crippen LogP contribution is 2.31. The number of benzene rings is 1. The number of nitrogens with one attached hydrogen (secondary N) is 1. The summed E-state index contributed by atoms with van der Waals surface area (Å²) in [5.41, 5.74) is 7.11. The van der Waals surface area contributed by atoms with Gasteiger partial charge in [-0.1, -0.05) is 0 Å². The van der Waals surface area contributed by atoms with E-state index in [1.54, 1.807) is 11.3 Å². The molecule has 6 heteroatoms. The normalized spacial score (nSPS) is 16.5. The Kier molecular flexibility index (Phi) is 3.80. The zero-order valence-corrected chi connectivity index (χ0v) is 12.2. The lowest BCUT2D eigenvalue weighted by molar-refractivity contribution is -0.123. The van der Waals surface area contributed by atoms with Gasteiger partial charge in [-0.05, 0) is 44.4 Å². The molecule has 0 bridgehead atoms. The molecule has 0 aliphatic heterocycles. The fraction of sp³-hybridized carbons (Fsp3) is 0.385. The predicted molar refractivity (Wildman–Crippen MR) is 81.0 cm³/mol. The minimum Gasteiger partial charge on any atom is -0.324 e. The van der Waals surface area contributed by atoms with Gasteiger partial charge in [0.25, 0.3) is 0 Å². The number of carbonyl (C=O) groups excluding carboxylic acids is 1. The summed E-state index contributed by atoms with van der Waals surface area (Å²) in [7, 11) is 0. The SMILES string of the molecule is Cc1nc2ccc(NC(=O)C3(N)CCC3)cc2s1.Cl. The Hall–Kier alpha value is -1.17. The lowest BCUT2D eigenvalue weighted by atomic mass is 9.77. The standard InChI is InChI=1S/C13H15N3OS.ClH/c1-8-15-10-4-3-9(7-11(10)18-8)16-12(17)13(14)5-2-6-13;/h3-4,7H,2,5-6,14H2,1H3,(H,16,17);1H. The molecule has 1 saturated carbocycles. The molecule has 1 aliphatic rings. The van der Waals surface area contributed by atoms with Crippen LogP contribution in [0.25, 0.3) is 10.2 Å². The summed E-state index contributed by atoms with van der Waals surface area (Å²) in [5.74, 6) is -0.0747. The molecule has 2 aromatic rings. The van der Waals surface area contributed by atoms with Gasteiger partial charge in [-0.25, -0.2) is 4.98 Å². The van der Waals surface area contributed by atoms with Crippen LogP contribution in [0.5, 0.6) is 0 Å². The molecule has 0 radical (unpaired) electrons. The maximum Gasteiger partial charge on any atom is 0.244 e. The second-order valence-electron chi connectivity index (χ2n) is 4.88. The number of hydrogen-bond acceptors (Lipinski definition) is 4. The molecule has 1 aromatic heterocycles. The quantitative estimate of drug-likeness (QED) is 0.895. The molecule has 19 heavy (non-hydrogen) atoms. The van der Waals surface area contributed by atoms with Crippen molar-refractivity contribution in [3.63, 3.8) is 0 Å². The number of rotatable bonds is 2. The van der Waals surface area contributed by atoms with Crippen LogP contribution in [-0.4, -0.2) is 16.4 Å². The lowest BCUT2D eigenvalue weighted by Gasteiger charge is -2.36. The highest BCUT2D eigenvalue weighted by atomic mass is 35.5. The summed E-state index contributed by atoms with van der Waals surface area (Å²) in [6.45, 7) is 1.98. The van der Waals surface area contributed by atoms with Gasteiger partial charge in [0.1, 0.15) is 0 Å². The van der Waals surface area contributed by atoms with Crippen molar-refractivity contribution in [1.29, 1.82) is 0 Å². The van der Waals surface area contributed by atoms with Crippen molar-refractivity contribution in [2.45, 2.75) is 31.7 Å². The largest absolute Gasteiger partial charge is 0.324 e. The van der Waals surface area contributed by atoms with Crippen LogP contribution in [0.2, 0.25) is 0 Å². The highest BCUT2D eigenvalue weighted by molar-refractivity contribution is 7.18. The van der Waals surface area contributed by atoms with E-state index < -0.39 is 5.54 Å². The van der Waals surface area contributed by atoms with E-state index in [0.29, 0.717) is 0 Å². The second-order valence-corrected chi connectivity index (χ2v) is 6.11. The van der Waals surface area contributed by atoms with Crippen LogP contribution in [0, 0.1) is 6.92 Å². The maximum atomic E-state index is 12.0. The Balaban J connectivity index is 0.00000133. The third-order valence-corrected chi connectivity index (χ3v) is 4.38. The van der Waals surface area contributed by atoms with Crippen LogP contribution >= 0.6 is 23.7 Å². The number of aromatic nitrogens is 1. The third-order valence-electron chi connectivity index (χ3n) is 3.45. The van der Waals surface area contributed by atoms with Crippen LogP contribution < -0.4 is 11.1 Å². The van der Waals surface area contributed by atoms with E-state index in [1.807, 2.05) is 25.1 Å². The highest BCUT2D eigenvalue weighted by Gasteiger charge is 2.40. The van der Waals surface area contributed by atoms with Crippen molar-refractivity contribution in [3.05, 3.63) is 23.2 Å². The molecule has 1 amide bonds. The van der Waals surface area contributed by atoms with E-state index in [2.05, 4.69) is 10.3 Å². The summed E-state index contributed by atoms with van der Waals surface area (Å²) in [4.78, 5) is 16.4. The van der Waals surface area contributed by atoms with Gasteiger partial charge in [0, 0.05) is 5.69 Å². The van der Waals surface area contributed by atoms with Crippen LogP contribution in [0.1, 0.15) is 24.3 Å². The van der Waals surface area contributed by atoms with Crippen molar-refractivity contribution in [1.82, 2.24) is 4.98 Å². The van der Waals surface area contributed by atoms with Crippen molar-refractivity contribution >= 4 is 45.6 Å². The topological polar surface area (TPSA) is 68.0 Å². The number of nitrogens with two attached hydrogens (primary N) is 1. The average Bonchev–Trinajstić information content (AvgIpc) is 2.65. The number of amides is 1. The number of aryl methyl sites for hydroxylation is 1. The molecule has 0 saturated heterocycles. The number of thiazole rings is 1. The Morgan fingerprint density at radius 2 is 2.21 bits per heavy atom. The summed E-state index contributed by atoms with van der Waals surface area (Å²) in [6, 6.07) is 5.76. The molecule has 0 unspecified atom stereocenters. The van der Waals surface area contributed by atoms with Gasteiger partial charge in [-0.2, -0.15) is 0 Å². The first-order chi connectivity index (χ1) is 8.57. The third kappa shape index (κ3) is 2.59. The van der Waals surface area contributed by atoms with E-state index >= 15 is 0 Å². The molecule has 3 N–H and O–H groups in total. The molecule has 0 spiro atoms. The zero-order chi connectivity index (χ0) is 12.8. The summed E-state index contributed by atoms with van der Waals surface area (Å²) in [6.07, 6.45) is 2.60. The molecular weight excluding hydrogens is 282 g/mol. The van der Waals surface area contributed by atoms with E-state index in [0.717, 1.165) is 40.2 Å². The molecule has 0 atom stereocenters. The van der Waals surface area contributed by atoms with Gasteiger partial charge < -0.3 is 11.1 Å². The molecule has 4 nitrogen and oxygen atoms in total. The first-order valence-electron chi connectivity index (χ1n) is 6.04. The Bertz CT molecular complexity index is 621. The molecule has 1 aliphatic carbocycles. The van der Waals surface area contributed by atoms with E-state index in [4.69, 9.17) is 5.73 Å². The van der Waals surface area contributed by atoms with Gasteiger partial charge in [-0.15, -0.1) is 23.7 Å². The van der Waals surface area contributed by atoms with Crippen molar-refractivity contribution in [2.75, 3.05) is 5.32 Å². The fourth-order valence-electron chi connectivity index (χ4n) is 2.16. The second kappa shape index (κ2) is 5.07. The van der Waals surface area contributed by atoms with Gasteiger partial charge in [0.15, 0.2) is 0 Å². The molecule has 1 fully saturated rings.